The van der Waals surface area contributed by atoms with Gasteiger partial charge in [0.15, 0.2) is 0 Å². The van der Waals surface area contributed by atoms with E-state index in [0.29, 0.717) is 30.9 Å². The predicted octanol–water partition coefficient (Wildman–Crippen LogP) is 7.87. The molecule has 0 atom stereocenters. The van der Waals surface area contributed by atoms with Gasteiger partial charge in [0.05, 0.1) is 0 Å². The van der Waals surface area contributed by atoms with Crippen molar-refractivity contribution in [2.45, 2.75) is 57.5 Å². The van der Waals surface area contributed by atoms with Crippen molar-refractivity contribution in [2.75, 3.05) is 0 Å². The highest BCUT2D eigenvalue weighted by atomic mass is 19.3. The molecule has 2 nitrogen and oxygen atoms in total. The van der Waals surface area contributed by atoms with Crippen LogP contribution in [0.4, 0.5) is 26.3 Å². The average molecular weight is 467 g/mol. The Hall–Kier alpha value is -2.95. The van der Waals surface area contributed by atoms with Crippen LogP contribution in [0, 0.1) is 40.5 Å². The SMILES string of the molecule is CCC/C=C\C1CCC(c2cc(F)c(C(F)(F)Oc3cc(F)c(C#N)c(F)c3)c(F)c2)CC1. The van der Waals surface area contributed by atoms with E-state index in [0.717, 1.165) is 37.8 Å². The van der Waals surface area contributed by atoms with Crippen LogP contribution < -0.4 is 4.74 Å². The van der Waals surface area contributed by atoms with Crippen molar-refractivity contribution in [3.8, 4) is 11.8 Å². The van der Waals surface area contributed by atoms with Crippen LogP contribution in [0.2, 0.25) is 0 Å². The van der Waals surface area contributed by atoms with E-state index in [4.69, 9.17) is 5.26 Å². The first-order chi connectivity index (χ1) is 15.7. The topological polar surface area (TPSA) is 33.0 Å². The molecular formula is C25H23F6NO. The summed E-state index contributed by atoms with van der Waals surface area (Å²) in [4.78, 5) is 0. The fourth-order valence-corrected chi connectivity index (χ4v) is 4.12. The van der Waals surface area contributed by atoms with Gasteiger partial charge in [0.2, 0.25) is 0 Å². The van der Waals surface area contributed by atoms with Crippen LogP contribution in [0.5, 0.6) is 5.75 Å². The third-order valence-corrected chi connectivity index (χ3v) is 5.84. The second kappa shape index (κ2) is 10.3. The lowest BCUT2D eigenvalue weighted by atomic mass is 9.78. The average Bonchev–Trinajstić information content (AvgIpc) is 2.73. The Morgan fingerprint density at radius 3 is 2.06 bits per heavy atom. The van der Waals surface area contributed by atoms with Crippen molar-refractivity contribution < 1.29 is 31.1 Å². The Morgan fingerprint density at radius 1 is 0.970 bits per heavy atom. The summed E-state index contributed by atoms with van der Waals surface area (Å²) in [7, 11) is 0. The Bertz CT molecular complexity index is 1020. The number of hydrogen-bond donors (Lipinski definition) is 0. The molecule has 1 fully saturated rings. The van der Waals surface area contributed by atoms with Gasteiger partial charge in [-0.2, -0.15) is 14.0 Å². The zero-order chi connectivity index (χ0) is 24.2. The lowest BCUT2D eigenvalue weighted by Crippen LogP contribution is -2.26. The van der Waals surface area contributed by atoms with E-state index < -0.39 is 46.3 Å². The summed E-state index contributed by atoms with van der Waals surface area (Å²) >= 11 is 0. The van der Waals surface area contributed by atoms with E-state index in [2.05, 4.69) is 23.8 Å². The van der Waals surface area contributed by atoms with Crippen LogP contribution in [0.1, 0.15) is 68.1 Å². The first-order valence-electron chi connectivity index (χ1n) is 10.8. The molecule has 1 aliphatic carbocycles. The Kier molecular flexibility index (Phi) is 7.72. The Balaban J connectivity index is 1.78. The number of hydrogen-bond acceptors (Lipinski definition) is 2. The quantitative estimate of drug-likeness (QED) is 0.307. The van der Waals surface area contributed by atoms with Crippen LogP contribution in [0.25, 0.3) is 0 Å². The second-order valence-corrected chi connectivity index (χ2v) is 8.18. The molecule has 1 saturated carbocycles. The van der Waals surface area contributed by atoms with Gasteiger partial charge in [-0.3, -0.25) is 0 Å². The lowest BCUT2D eigenvalue weighted by Gasteiger charge is -2.28. The van der Waals surface area contributed by atoms with Gasteiger partial charge in [0, 0.05) is 12.1 Å². The first-order valence-corrected chi connectivity index (χ1v) is 10.8. The number of alkyl halides is 2. The minimum atomic E-state index is -4.54. The zero-order valence-electron chi connectivity index (χ0n) is 18.0. The molecule has 3 rings (SSSR count). The molecule has 0 spiro atoms. The molecule has 176 valence electrons. The molecule has 0 saturated heterocycles. The van der Waals surface area contributed by atoms with Crippen LogP contribution in [0.15, 0.2) is 36.4 Å². The third kappa shape index (κ3) is 5.70. The molecule has 8 heteroatoms. The standard InChI is InChI=1S/C25H23F6NO/c1-2-3-4-5-15-6-8-16(9-7-15)17-10-22(28)24(23(29)11-17)25(30,31)33-18-12-20(26)19(14-32)21(27)13-18/h4-5,10-13,15-16H,2-3,6-9H2,1H3/b5-4-. The van der Waals surface area contributed by atoms with Crippen LogP contribution in [0.3, 0.4) is 0 Å². The molecule has 0 unspecified atom stereocenters. The van der Waals surface area contributed by atoms with Crippen LogP contribution in [-0.4, -0.2) is 0 Å². The largest absolute Gasteiger partial charge is 0.432 e. The molecule has 0 heterocycles. The fraction of sp³-hybridized carbons (Fsp3) is 0.400. The molecule has 1 aliphatic rings. The second-order valence-electron chi connectivity index (χ2n) is 8.18. The maximum atomic E-state index is 14.6. The van der Waals surface area contributed by atoms with Gasteiger partial charge in [0.1, 0.15) is 46.2 Å². The molecule has 33 heavy (non-hydrogen) atoms. The van der Waals surface area contributed by atoms with E-state index in [1.165, 1.54) is 6.07 Å². The minimum absolute atomic E-state index is 0.157. The number of benzene rings is 2. The maximum Gasteiger partial charge on any atom is 0.432 e. The van der Waals surface area contributed by atoms with E-state index in [1.54, 1.807) is 0 Å². The van der Waals surface area contributed by atoms with Crippen molar-refractivity contribution in [3.05, 3.63) is 76.4 Å². The summed E-state index contributed by atoms with van der Waals surface area (Å²) < 4.78 is 90.0. The number of nitriles is 1. The van der Waals surface area contributed by atoms with Crippen molar-refractivity contribution in [1.29, 1.82) is 5.26 Å². The normalized spacial score (nSPS) is 19.0. The molecule has 2 aromatic carbocycles. The minimum Gasteiger partial charge on any atom is -0.429 e. The van der Waals surface area contributed by atoms with Crippen molar-refractivity contribution in [2.24, 2.45) is 5.92 Å². The van der Waals surface area contributed by atoms with Gasteiger partial charge in [0.25, 0.3) is 0 Å². The van der Waals surface area contributed by atoms with Gasteiger partial charge >= 0.3 is 6.11 Å². The third-order valence-electron chi connectivity index (χ3n) is 5.84. The van der Waals surface area contributed by atoms with Crippen LogP contribution >= 0.6 is 0 Å². The number of halogens is 6. The highest BCUT2D eigenvalue weighted by molar-refractivity contribution is 5.39. The molecule has 0 aliphatic heterocycles. The monoisotopic (exact) mass is 467 g/mol. The fourth-order valence-electron chi connectivity index (χ4n) is 4.12. The molecule has 0 N–H and O–H groups in total. The summed E-state index contributed by atoms with van der Waals surface area (Å²) in [6.45, 7) is 2.09. The van der Waals surface area contributed by atoms with E-state index >= 15 is 0 Å². The van der Waals surface area contributed by atoms with E-state index in [1.807, 2.05) is 0 Å². The summed E-state index contributed by atoms with van der Waals surface area (Å²) in [5.41, 5.74) is -2.34. The Morgan fingerprint density at radius 2 is 1.55 bits per heavy atom. The number of nitrogens with zero attached hydrogens (tertiary/aromatic N) is 1. The molecule has 2 aromatic rings. The molecule has 0 bridgehead atoms. The first kappa shape index (κ1) is 24.7. The molecule has 0 radical (unpaired) electrons. The summed E-state index contributed by atoms with van der Waals surface area (Å²) in [6.07, 6.45) is 4.84. The highest BCUT2D eigenvalue weighted by Gasteiger charge is 2.42. The molecular weight excluding hydrogens is 444 g/mol. The number of allylic oxidation sites excluding steroid dienone is 2. The number of unbranched alkanes of at least 4 members (excludes halogenated alkanes) is 1. The van der Waals surface area contributed by atoms with Gasteiger partial charge in [-0.15, -0.1) is 0 Å². The van der Waals surface area contributed by atoms with Gasteiger partial charge in [-0.25, -0.2) is 17.6 Å². The van der Waals surface area contributed by atoms with Gasteiger partial charge < -0.3 is 4.74 Å². The van der Waals surface area contributed by atoms with Crippen molar-refractivity contribution in [1.82, 2.24) is 0 Å². The van der Waals surface area contributed by atoms with Crippen molar-refractivity contribution >= 4 is 0 Å². The summed E-state index contributed by atoms with van der Waals surface area (Å²) in [5, 5.41) is 8.65. The summed E-state index contributed by atoms with van der Waals surface area (Å²) in [5.74, 6) is -6.64. The smallest absolute Gasteiger partial charge is 0.429 e. The Labute approximate surface area is 188 Å². The highest BCUT2D eigenvalue weighted by Crippen LogP contribution is 2.40. The zero-order valence-corrected chi connectivity index (χ0v) is 18.0. The van der Waals surface area contributed by atoms with Gasteiger partial charge in [-0.05, 0) is 61.6 Å². The summed E-state index contributed by atoms with van der Waals surface area (Å²) in [6, 6.07) is 3.69. The molecule has 0 aromatic heterocycles. The van der Waals surface area contributed by atoms with Gasteiger partial charge in [-0.1, -0.05) is 25.5 Å². The number of ether oxygens (including phenoxy) is 1. The van der Waals surface area contributed by atoms with E-state index in [9.17, 15) is 26.3 Å². The molecule has 0 amide bonds. The number of rotatable bonds is 7. The maximum absolute atomic E-state index is 14.6. The lowest BCUT2D eigenvalue weighted by molar-refractivity contribution is -0.189. The van der Waals surface area contributed by atoms with Crippen LogP contribution in [-0.2, 0) is 6.11 Å². The van der Waals surface area contributed by atoms with E-state index in [-0.39, 0.29) is 11.5 Å². The van der Waals surface area contributed by atoms with Crippen molar-refractivity contribution in [3.63, 3.8) is 0 Å². The predicted molar refractivity (Wildman–Crippen MR) is 111 cm³/mol.